The summed E-state index contributed by atoms with van der Waals surface area (Å²) in [5.74, 6) is -0.858. The fraction of sp³-hybridized carbons (Fsp3) is 0.167. The van der Waals surface area contributed by atoms with Gasteiger partial charge in [0.1, 0.15) is 22.6 Å². The number of amides is 2. The average Bonchev–Trinajstić information content (AvgIpc) is 3.52. The molecule has 2 aliphatic rings. The molecule has 6 rings (SSSR count). The predicted octanol–water partition coefficient (Wildman–Crippen LogP) is 5.47. The van der Waals surface area contributed by atoms with E-state index in [-0.39, 0.29) is 23.9 Å². The van der Waals surface area contributed by atoms with Crippen LogP contribution in [0.25, 0.3) is 0 Å². The third-order valence-electron chi connectivity index (χ3n) is 6.68. The highest BCUT2D eigenvalue weighted by molar-refractivity contribution is 8.07. The molecule has 4 aromatic rings. The van der Waals surface area contributed by atoms with Gasteiger partial charge in [0.25, 0.3) is 5.91 Å². The van der Waals surface area contributed by atoms with Crippen LogP contribution in [0.4, 0.5) is 0 Å². The number of nitrogens with one attached hydrogen (secondary N) is 1. The SMILES string of the molecule is O=C(Cc1cccc(Cl)c1)N[C@@H]1C(=O)N2C(C(=O)OC(c3ccccc3)c3ccccc3)=C(Sc3nncs3)CS[C@H]12. The Balaban J connectivity index is 1.26. The number of hydrogen-bond donors (Lipinski definition) is 1. The number of rotatable bonds is 9. The summed E-state index contributed by atoms with van der Waals surface area (Å²) in [6, 6.07) is 25.2. The molecule has 1 aromatic heterocycles. The second-order valence-electron chi connectivity index (χ2n) is 9.45. The van der Waals surface area contributed by atoms with Crippen LogP contribution < -0.4 is 5.32 Å². The van der Waals surface area contributed by atoms with Crippen LogP contribution in [0, 0.1) is 0 Å². The van der Waals surface area contributed by atoms with E-state index in [1.54, 1.807) is 29.8 Å². The smallest absolute Gasteiger partial charge is 0.356 e. The van der Waals surface area contributed by atoms with E-state index >= 15 is 0 Å². The highest BCUT2D eigenvalue weighted by atomic mass is 35.5. The standard InChI is InChI=1S/C30H23ClN4O4S3/c31-21-13-7-8-18(14-21)15-23(36)33-24-27(37)35-25(22(16-40-28(24)35)42-30-34-32-17-41-30)29(38)39-26(19-9-3-1-4-10-19)20-11-5-2-6-12-20/h1-14,17,24,26,28H,15-16H2,(H,33,36)/t24-,28-/m1/s1. The number of fused-ring (bicyclic) bond motifs is 1. The number of benzene rings is 3. The first-order valence-corrected chi connectivity index (χ1v) is 16.1. The van der Waals surface area contributed by atoms with Crippen LogP contribution >= 0.6 is 46.5 Å². The van der Waals surface area contributed by atoms with Crippen LogP contribution in [0.3, 0.4) is 0 Å². The summed E-state index contributed by atoms with van der Waals surface area (Å²) in [6.45, 7) is 0. The zero-order chi connectivity index (χ0) is 29.1. The summed E-state index contributed by atoms with van der Waals surface area (Å²) < 4.78 is 6.82. The molecule has 12 heteroatoms. The van der Waals surface area contributed by atoms with Gasteiger partial charge in [-0.2, -0.15) is 0 Å². The second kappa shape index (κ2) is 12.7. The van der Waals surface area contributed by atoms with Gasteiger partial charge in [0, 0.05) is 15.7 Å². The van der Waals surface area contributed by atoms with Crippen molar-refractivity contribution in [2.75, 3.05) is 5.75 Å². The van der Waals surface area contributed by atoms with E-state index in [4.69, 9.17) is 16.3 Å². The summed E-state index contributed by atoms with van der Waals surface area (Å²) in [5, 5.41) is 10.9. The highest BCUT2D eigenvalue weighted by Gasteiger charge is 2.55. The second-order valence-corrected chi connectivity index (χ2v) is 13.2. The van der Waals surface area contributed by atoms with Gasteiger partial charge < -0.3 is 10.1 Å². The van der Waals surface area contributed by atoms with E-state index in [1.807, 2.05) is 60.7 Å². The first-order valence-electron chi connectivity index (χ1n) is 12.9. The number of nitrogens with zero attached hydrogens (tertiary/aromatic N) is 3. The Morgan fingerprint density at radius 3 is 2.40 bits per heavy atom. The monoisotopic (exact) mass is 634 g/mol. The Kier molecular flexibility index (Phi) is 8.61. The van der Waals surface area contributed by atoms with Crippen molar-refractivity contribution in [3.63, 3.8) is 0 Å². The number of carbonyl (C=O) groups is 3. The lowest BCUT2D eigenvalue weighted by Crippen LogP contribution is -2.70. The number of aromatic nitrogens is 2. The number of ether oxygens (including phenoxy) is 1. The fourth-order valence-corrected chi connectivity index (χ4v) is 8.10. The highest BCUT2D eigenvalue weighted by Crippen LogP contribution is 2.46. The van der Waals surface area contributed by atoms with Crippen LogP contribution in [-0.2, 0) is 25.5 Å². The van der Waals surface area contributed by atoms with Crippen LogP contribution in [0.15, 0.2) is 105 Å². The van der Waals surface area contributed by atoms with E-state index in [0.717, 1.165) is 16.7 Å². The molecule has 0 spiro atoms. The van der Waals surface area contributed by atoms with Crippen molar-refractivity contribution < 1.29 is 19.1 Å². The lowest BCUT2D eigenvalue weighted by atomic mass is 10.0. The van der Waals surface area contributed by atoms with E-state index in [1.165, 1.54) is 39.8 Å². The lowest BCUT2D eigenvalue weighted by molar-refractivity contribution is -0.154. The van der Waals surface area contributed by atoms with E-state index in [0.29, 0.717) is 20.0 Å². The number of carbonyl (C=O) groups excluding carboxylic acids is 3. The Bertz CT molecular complexity index is 1600. The summed E-state index contributed by atoms with van der Waals surface area (Å²) in [4.78, 5) is 42.5. The molecule has 42 heavy (non-hydrogen) atoms. The maximum atomic E-state index is 14.0. The molecule has 1 N–H and O–H groups in total. The molecular formula is C30H23ClN4O4S3. The molecule has 0 bridgehead atoms. The van der Waals surface area contributed by atoms with Gasteiger partial charge in [-0.15, -0.1) is 22.0 Å². The number of halogens is 1. The van der Waals surface area contributed by atoms with Crippen molar-refractivity contribution in [1.29, 1.82) is 0 Å². The van der Waals surface area contributed by atoms with E-state index < -0.39 is 23.5 Å². The normalized spacial score (nSPS) is 18.0. The number of hydrogen-bond acceptors (Lipinski definition) is 9. The molecule has 2 aliphatic heterocycles. The minimum atomic E-state index is -0.767. The quantitative estimate of drug-likeness (QED) is 0.191. The van der Waals surface area contributed by atoms with Crippen LogP contribution in [-0.4, -0.2) is 50.0 Å². The first-order chi connectivity index (χ1) is 20.5. The molecule has 1 saturated heterocycles. The van der Waals surface area contributed by atoms with Gasteiger partial charge >= 0.3 is 5.97 Å². The average molecular weight is 635 g/mol. The maximum Gasteiger partial charge on any atom is 0.356 e. The van der Waals surface area contributed by atoms with Crippen molar-refractivity contribution in [1.82, 2.24) is 20.4 Å². The predicted molar refractivity (Wildman–Crippen MR) is 164 cm³/mol. The summed E-state index contributed by atoms with van der Waals surface area (Å²) in [5.41, 5.74) is 4.13. The molecule has 8 nitrogen and oxygen atoms in total. The van der Waals surface area contributed by atoms with E-state index in [9.17, 15) is 14.4 Å². The summed E-state index contributed by atoms with van der Waals surface area (Å²) in [6.07, 6.45) is -0.599. The van der Waals surface area contributed by atoms with Gasteiger partial charge in [0.05, 0.1) is 6.42 Å². The third kappa shape index (κ3) is 6.10. The minimum Gasteiger partial charge on any atom is -0.448 e. The molecule has 3 heterocycles. The van der Waals surface area contributed by atoms with Crippen molar-refractivity contribution >= 4 is 64.2 Å². The zero-order valence-electron chi connectivity index (χ0n) is 21.9. The number of β-lactam (4-membered cyclic amide) rings is 1. The summed E-state index contributed by atoms with van der Waals surface area (Å²) in [7, 11) is 0. The van der Waals surface area contributed by atoms with Crippen molar-refractivity contribution in [3.8, 4) is 0 Å². The minimum absolute atomic E-state index is 0.0838. The Labute approximate surface area is 259 Å². The largest absolute Gasteiger partial charge is 0.448 e. The molecule has 0 aliphatic carbocycles. The molecule has 0 unspecified atom stereocenters. The van der Waals surface area contributed by atoms with Crippen molar-refractivity contribution in [3.05, 3.63) is 123 Å². The summed E-state index contributed by atoms with van der Waals surface area (Å²) >= 11 is 10.2. The molecule has 1 fully saturated rings. The molecule has 3 aromatic carbocycles. The van der Waals surface area contributed by atoms with Crippen LogP contribution in [0.1, 0.15) is 22.8 Å². The van der Waals surface area contributed by atoms with Gasteiger partial charge in [-0.1, -0.05) is 107 Å². The maximum absolute atomic E-state index is 14.0. The third-order valence-corrected chi connectivity index (χ3v) is 10.2. The fourth-order valence-electron chi connectivity index (χ4n) is 4.78. The molecule has 0 radical (unpaired) electrons. The Morgan fingerprint density at radius 2 is 1.76 bits per heavy atom. The van der Waals surface area contributed by atoms with Gasteiger partial charge in [-0.25, -0.2) is 4.79 Å². The van der Waals surface area contributed by atoms with Gasteiger partial charge in [0.2, 0.25) is 5.91 Å². The van der Waals surface area contributed by atoms with E-state index in [2.05, 4.69) is 15.5 Å². The topological polar surface area (TPSA) is 101 Å². The number of thioether (sulfide) groups is 2. The van der Waals surface area contributed by atoms with Gasteiger partial charge in [-0.05, 0) is 28.8 Å². The van der Waals surface area contributed by atoms with Crippen molar-refractivity contribution in [2.45, 2.75) is 28.3 Å². The molecule has 2 amide bonds. The van der Waals surface area contributed by atoms with Gasteiger partial charge in [0.15, 0.2) is 10.4 Å². The Morgan fingerprint density at radius 1 is 1.05 bits per heavy atom. The van der Waals surface area contributed by atoms with Crippen LogP contribution in [0.2, 0.25) is 5.02 Å². The first kappa shape index (κ1) is 28.5. The molecule has 212 valence electrons. The van der Waals surface area contributed by atoms with Crippen LogP contribution in [0.5, 0.6) is 0 Å². The molecule has 2 atom stereocenters. The lowest BCUT2D eigenvalue weighted by Gasteiger charge is -2.49. The molecular weight excluding hydrogens is 612 g/mol. The zero-order valence-corrected chi connectivity index (χ0v) is 25.1. The number of esters is 1. The Hall–Kier alpha value is -3.64. The van der Waals surface area contributed by atoms with Crippen molar-refractivity contribution in [2.24, 2.45) is 0 Å². The molecule has 0 saturated carbocycles. The van der Waals surface area contributed by atoms with Gasteiger partial charge in [-0.3, -0.25) is 14.5 Å².